The molecule has 1 amide bonds. The number of nitrogens with zero attached hydrogens (tertiary/aromatic N) is 3. The summed E-state index contributed by atoms with van der Waals surface area (Å²) in [6, 6.07) is 0. The normalized spacial score (nSPS) is 11.7. The van der Waals surface area contributed by atoms with Gasteiger partial charge in [0.05, 0.1) is 12.2 Å². The Kier molecular flexibility index (Phi) is 9.67. The molecule has 1 aromatic rings. The molecule has 0 radical (unpaired) electrons. The van der Waals surface area contributed by atoms with E-state index in [4.69, 9.17) is 0 Å². The maximum atomic E-state index is 11.6. The minimum atomic E-state index is -0.0264. The Morgan fingerprint density at radius 2 is 2.00 bits per heavy atom. The summed E-state index contributed by atoms with van der Waals surface area (Å²) < 4.78 is 0. The predicted octanol–water partition coefficient (Wildman–Crippen LogP) is 2.20. The summed E-state index contributed by atoms with van der Waals surface area (Å²) in [5, 5.41) is 9.44. The molecule has 1 rings (SSSR count). The third-order valence-corrected chi connectivity index (χ3v) is 3.79. The van der Waals surface area contributed by atoms with E-state index < -0.39 is 0 Å². The first kappa shape index (κ1) is 22.1. The molecule has 0 unspecified atom stereocenters. The number of rotatable bonds is 5. The highest BCUT2D eigenvalue weighted by atomic mass is 127. The first-order chi connectivity index (χ1) is 10.2. The highest BCUT2D eigenvalue weighted by Gasteiger charge is 2.17. The lowest BCUT2D eigenvalue weighted by Gasteiger charge is -2.14. The van der Waals surface area contributed by atoms with Crippen LogP contribution in [0.15, 0.2) is 10.4 Å². The Bertz CT molecular complexity index is 522. The molecule has 0 saturated heterocycles. The van der Waals surface area contributed by atoms with Crippen molar-refractivity contribution in [3.63, 3.8) is 0 Å². The lowest BCUT2D eigenvalue weighted by atomic mass is 9.93. The number of nitrogens with one attached hydrogen (secondary N) is 2. The van der Waals surface area contributed by atoms with Crippen molar-refractivity contribution in [2.75, 3.05) is 27.2 Å². The predicted molar refractivity (Wildman–Crippen MR) is 108 cm³/mol. The number of thiazole rings is 1. The zero-order valence-corrected chi connectivity index (χ0v) is 17.9. The second-order valence-corrected chi connectivity index (χ2v) is 7.16. The molecule has 0 saturated carbocycles. The highest BCUT2D eigenvalue weighted by molar-refractivity contribution is 14.0. The highest BCUT2D eigenvalue weighted by Crippen LogP contribution is 2.23. The number of halogens is 1. The number of guanidine groups is 1. The molecular weight excluding hydrogens is 425 g/mol. The molecule has 0 aromatic carbocycles. The van der Waals surface area contributed by atoms with Gasteiger partial charge in [-0.3, -0.25) is 4.79 Å². The number of amides is 1. The Morgan fingerprint density at radius 1 is 1.35 bits per heavy atom. The van der Waals surface area contributed by atoms with Gasteiger partial charge >= 0.3 is 0 Å². The van der Waals surface area contributed by atoms with Crippen molar-refractivity contribution in [3.8, 4) is 0 Å². The van der Waals surface area contributed by atoms with Crippen LogP contribution in [0, 0.1) is 0 Å². The minimum absolute atomic E-state index is 0. The summed E-state index contributed by atoms with van der Waals surface area (Å²) in [4.78, 5) is 22.0. The van der Waals surface area contributed by atoms with Gasteiger partial charge < -0.3 is 15.5 Å². The van der Waals surface area contributed by atoms with E-state index in [1.807, 2.05) is 6.92 Å². The van der Waals surface area contributed by atoms with Crippen LogP contribution in [-0.2, 0) is 16.8 Å². The molecule has 132 valence electrons. The van der Waals surface area contributed by atoms with Gasteiger partial charge in [-0.2, -0.15) is 0 Å². The number of aliphatic imine (C=N–C) groups is 1. The van der Waals surface area contributed by atoms with Crippen molar-refractivity contribution in [2.45, 2.75) is 39.7 Å². The standard InChI is InChI=1S/C15H27N5OS.HI/c1-7-16-14(18-9-13(21)20(5)6)17-8-12-19-11(10-22-12)15(2,3)4;/h10H,7-9H2,1-6H3,(H2,16,17,18);1H. The van der Waals surface area contributed by atoms with Crippen LogP contribution in [0.1, 0.15) is 38.4 Å². The summed E-state index contributed by atoms with van der Waals surface area (Å²) in [5.41, 5.74) is 1.16. The molecule has 0 aliphatic carbocycles. The van der Waals surface area contributed by atoms with Crippen LogP contribution in [0.5, 0.6) is 0 Å². The number of carbonyl (C=O) groups is 1. The molecule has 0 aliphatic heterocycles. The fraction of sp³-hybridized carbons (Fsp3) is 0.667. The maximum absolute atomic E-state index is 11.6. The van der Waals surface area contributed by atoms with E-state index in [1.54, 1.807) is 25.4 Å². The number of hydrogen-bond donors (Lipinski definition) is 2. The van der Waals surface area contributed by atoms with E-state index >= 15 is 0 Å². The molecular formula is C15H28IN5OS. The Balaban J connectivity index is 0.00000484. The molecule has 23 heavy (non-hydrogen) atoms. The van der Waals surface area contributed by atoms with E-state index in [-0.39, 0.29) is 41.8 Å². The summed E-state index contributed by atoms with van der Waals surface area (Å²) in [5.74, 6) is 0.603. The number of likely N-dealkylation sites (N-methyl/N-ethyl adjacent to an activating group) is 1. The van der Waals surface area contributed by atoms with Gasteiger partial charge in [0.25, 0.3) is 0 Å². The van der Waals surface area contributed by atoms with Gasteiger partial charge in [0.1, 0.15) is 11.6 Å². The second kappa shape index (κ2) is 10.1. The second-order valence-electron chi connectivity index (χ2n) is 6.21. The van der Waals surface area contributed by atoms with E-state index in [0.717, 1.165) is 17.2 Å². The van der Waals surface area contributed by atoms with Gasteiger partial charge in [0.2, 0.25) is 5.91 Å². The lowest BCUT2D eigenvalue weighted by molar-refractivity contribution is -0.127. The minimum Gasteiger partial charge on any atom is -0.357 e. The van der Waals surface area contributed by atoms with E-state index in [1.165, 1.54) is 4.90 Å². The first-order valence-electron chi connectivity index (χ1n) is 7.41. The van der Waals surface area contributed by atoms with Gasteiger partial charge in [0.15, 0.2) is 5.96 Å². The van der Waals surface area contributed by atoms with E-state index in [2.05, 4.69) is 46.8 Å². The summed E-state index contributed by atoms with van der Waals surface area (Å²) in [6.45, 7) is 9.92. The lowest BCUT2D eigenvalue weighted by Crippen LogP contribution is -2.38. The zero-order chi connectivity index (χ0) is 16.8. The van der Waals surface area contributed by atoms with Gasteiger partial charge in [-0.15, -0.1) is 35.3 Å². The molecule has 2 N–H and O–H groups in total. The van der Waals surface area contributed by atoms with Crippen molar-refractivity contribution in [2.24, 2.45) is 4.99 Å². The SMILES string of the molecule is CCNC(=NCC(=O)N(C)C)NCc1nc(C(C)(C)C)cs1.I. The van der Waals surface area contributed by atoms with Crippen molar-refractivity contribution in [1.29, 1.82) is 0 Å². The molecule has 1 heterocycles. The van der Waals surface area contributed by atoms with Crippen LogP contribution in [0.3, 0.4) is 0 Å². The monoisotopic (exact) mass is 453 g/mol. The first-order valence-corrected chi connectivity index (χ1v) is 8.29. The fourth-order valence-electron chi connectivity index (χ4n) is 1.53. The van der Waals surface area contributed by atoms with E-state index in [0.29, 0.717) is 12.5 Å². The fourth-order valence-corrected chi connectivity index (χ4v) is 2.49. The van der Waals surface area contributed by atoms with Crippen LogP contribution in [0.2, 0.25) is 0 Å². The smallest absolute Gasteiger partial charge is 0.243 e. The molecule has 1 aromatic heterocycles. The Hall–Kier alpha value is -0.900. The topological polar surface area (TPSA) is 69.6 Å². The van der Waals surface area contributed by atoms with Crippen molar-refractivity contribution >= 4 is 47.2 Å². The maximum Gasteiger partial charge on any atom is 0.243 e. The van der Waals surface area contributed by atoms with Crippen LogP contribution >= 0.6 is 35.3 Å². The average molecular weight is 453 g/mol. The van der Waals surface area contributed by atoms with Gasteiger partial charge in [-0.1, -0.05) is 20.8 Å². The molecule has 0 atom stereocenters. The molecule has 6 nitrogen and oxygen atoms in total. The molecule has 8 heteroatoms. The Morgan fingerprint density at radius 3 is 2.48 bits per heavy atom. The average Bonchev–Trinajstić information content (AvgIpc) is 2.90. The Labute approximate surface area is 160 Å². The molecule has 0 aliphatic rings. The number of aromatic nitrogens is 1. The zero-order valence-electron chi connectivity index (χ0n) is 14.8. The van der Waals surface area contributed by atoms with Crippen molar-refractivity contribution in [1.82, 2.24) is 20.5 Å². The van der Waals surface area contributed by atoms with Gasteiger partial charge in [0, 0.05) is 31.4 Å². The van der Waals surface area contributed by atoms with Crippen molar-refractivity contribution < 1.29 is 4.79 Å². The largest absolute Gasteiger partial charge is 0.357 e. The van der Waals surface area contributed by atoms with E-state index in [9.17, 15) is 4.79 Å². The summed E-state index contributed by atoms with van der Waals surface area (Å²) in [7, 11) is 3.45. The summed E-state index contributed by atoms with van der Waals surface area (Å²) >= 11 is 1.63. The molecule has 0 bridgehead atoms. The van der Waals surface area contributed by atoms with Crippen LogP contribution in [0.25, 0.3) is 0 Å². The van der Waals surface area contributed by atoms with Crippen LogP contribution < -0.4 is 10.6 Å². The quantitative estimate of drug-likeness (QED) is 0.408. The van der Waals surface area contributed by atoms with Gasteiger partial charge in [-0.05, 0) is 6.92 Å². The number of hydrogen-bond acceptors (Lipinski definition) is 4. The third kappa shape index (κ3) is 7.96. The molecule has 0 fully saturated rings. The van der Waals surface area contributed by atoms with Crippen LogP contribution in [-0.4, -0.2) is 48.9 Å². The molecule has 0 spiro atoms. The summed E-state index contributed by atoms with van der Waals surface area (Å²) in [6.07, 6.45) is 0. The van der Waals surface area contributed by atoms with Crippen LogP contribution in [0.4, 0.5) is 0 Å². The third-order valence-electron chi connectivity index (χ3n) is 2.94. The van der Waals surface area contributed by atoms with Crippen molar-refractivity contribution in [3.05, 3.63) is 16.1 Å². The van der Waals surface area contributed by atoms with Gasteiger partial charge in [-0.25, -0.2) is 9.98 Å². The number of carbonyl (C=O) groups excluding carboxylic acids is 1.